The van der Waals surface area contributed by atoms with E-state index in [4.69, 9.17) is 4.74 Å². The Morgan fingerprint density at radius 3 is 2.67 bits per heavy atom. The van der Waals surface area contributed by atoms with Gasteiger partial charge in [0.15, 0.2) is 5.78 Å². The summed E-state index contributed by atoms with van der Waals surface area (Å²) in [5.74, 6) is -0.362. The maximum Gasteiger partial charge on any atom is 0.311 e. The number of rotatable bonds is 5. The number of ether oxygens (including phenoxy) is 1. The zero-order valence-corrected chi connectivity index (χ0v) is 18.2. The Morgan fingerprint density at radius 1 is 1.27 bits per heavy atom. The van der Waals surface area contributed by atoms with Crippen LogP contribution in [0.4, 0.5) is 0 Å². The van der Waals surface area contributed by atoms with Crippen LogP contribution in [0.25, 0.3) is 0 Å². The Hall–Kier alpha value is -2.24. The predicted molar refractivity (Wildman–Crippen MR) is 115 cm³/mol. The number of nitrogens with zero attached hydrogens (tertiary/aromatic N) is 1. The molecule has 3 aliphatic rings. The van der Waals surface area contributed by atoms with Crippen LogP contribution < -0.4 is 0 Å². The van der Waals surface area contributed by atoms with E-state index in [0.29, 0.717) is 6.54 Å². The summed E-state index contributed by atoms with van der Waals surface area (Å²) in [4.78, 5) is 27.2. The molecular weight excluding hydrogens is 378 g/mol. The van der Waals surface area contributed by atoms with Crippen LogP contribution in [-0.4, -0.2) is 47.5 Å². The monoisotopic (exact) mass is 409 g/mol. The summed E-state index contributed by atoms with van der Waals surface area (Å²) in [6.45, 7) is 6.49. The van der Waals surface area contributed by atoms with E-state index in [1.807, 2.05) is 62.2 Å². The molecule has 30 heavy (non-hydrogen) atoms. The van der Waals surface area contributed by atoms with Crippen molar-refractivity contribution in [1.29, 1.82) is 0 Å². The van der Waals surface area contributed by atoms with Crippen molar-refractivity contribution in [3.05, 3.63) is 59.2 Å². The Bertz CT molecular complexity index is 905. The number of allylic oxidation sites excluding steroid dienone is 3. The number of ketones is 1. The van der Waals surface area contributed by atoms with E-state index in [1.165, 1.54) is 0 Å². The van der Waals surface area contributed by atoms with Crippen molar-refractivity contribution in [3.8, 4) is 0 Å². The number of benzene rings is 1. The fourth-order valence-electron chi connectivity index (χ4n) is 5.43. The lowest BCUT2D eigenvalue weighted by molar-refractivity contribution is -0.144. The smallest absolute Gasteiger partial charge is 0.311 e. The minimum Gasteiger partial charge on any atom is -0.457 e. The van der Waals surface area contributed by atoms with Gasteiger partial charge in [0.05, 0.1) is 12.0 Å². The molecule has 1 aromatic carbocycles. The van der Waals surface area contributed by atoms with E-state index in [2.05, 4.69) is 6.92 Å². The summed E-state index contributed by atoms with van der Waals surface area (Å²) in [7, 11) is 1.95. The third-order valence-electron chi connectivity index (χ3n) is 7.50. The maximum absolute atomic E-state index is 12.9. The molecular formula is C25H31NO4. The molecule has 5 nitrogen and oxygen atoms in total. The van der Waals surface area contributed by atoms with Crippen LogP contribution in [0.15, 0.2) is 53.6 Å². The number of carbonyl (C=O) groups excluding carboxylic acids is 2. The highest BCUT2D eigenvalue weighted by atomic mass is 16.6. The molecule has 0 spiro atoms. The number of carbonyl (C=O) groups is 2. The van der Waals surface area contributed by atoms with Gasteiger partial charge in [0.25, 0.3) is 0 Å². The molecule has 1 N–H and O–H groups in total. The Morgan fingerprint density at radius 2 is 1.97 bits per heavy atom. The Kier molecular flexibility index (Phi) is 5.45. The molecule has 1 heterocycles. The average Bonchev–Trinajstić information content (AvgIpc) is 3.05. The number of esters is 1. The van der Waals surface area contributed by atoms with E-state index >= 15 is 0 Å². The molecule has 6 atom stereocenters. The summed E-state index contributed by atoms with van der Waals surface area (Å²) in [5, 5.41) is 10.8. The van der Waals surface area contributed by atoms with E-state index in [-0.39, 0.29) is 41.1 Å². The average molecular weight is 410 g/mol. The highest BCUT2D eigenvalue weighted by Gasteiger charge is 2.54. The topological polar surface area (TPSA) is 66.8 Å². The number of hydrogen-bond donors (Lipinski definition) is 1. The summed E-state index contributed by atoms with van der Waals surface area (Å²) >= 11 is 0. The zero-order chi connectivity index (χ0) is 21.6. The van der Waals surface area contributed by atoms with Gasteiger partial charge < -0.3 is 9.84 Å². The van der Waals surface area contributed by atoms with Crippen LogP contribution in [0, 0.1) is 17.3 Å². The fraction of sp³-hybridized carbons (Fsp3) is 0.520. The number of likely N-dealkylation sites (N-methyl/N-ethyl adjacent to an activating group) is 1. The van der Waals surface area contributed by atoms with Gasteiger partial charge in [-0.25, -0.2) is 0 Å². The molecule has 1 saturated heterocycles. The van der Waals surface area contributed by atoms with Gasteiger partial charge in [-0.3, -0.25) is 14.5 Å². The second-order valence-corrected chi connectivity index (χ2v) is 9.36. The Labute approximate surface area is 178 Å². The van der Waals surface area contributed by atoms with E-state index in [0.717, 1.165) is 29.6 Å². The third-order valence-corrected chi connectivity index (χ3v) is 7.50. The molecule has 160 valence electrons. The van der Waals surface area contributed by atoms with Crippen molar-refractivity contribution in [2.45, 2.75) is 51.9 Å². The van der Waals surface area contributed by atoms with Crippen molar-refractivity contribution in [3.63, 3.8) is 0 Å². The molecule has 0 amide bonds. The quantitative estimate of drug-likeness (QED) is 0.755. The largest absolute Gasteiger partial charge is 0.457 e. The van der Waals surface area contributed by atoms with Gasteiger partial charge in [-0.2, -0.15) is 0 Å². The summed E-state index contributed by atoms with van der Waals surface area (Å²) in [5.41, 5.74) is 2.37. The van der Waals surface area contributed by atoms with Crippen molar-refractivity contribution >= 4 is 11.8 Å². The summed E-state index contributed by atoms with van der Waals surface area (Å²) in [6, 6.07) is 9.45. The second-order valence-electron chi connectivity index (χ2n) is 9.36. The molecule has 2 fully saturated rings. The number of aliphatic hydroxyl groups excluding tert-OH is 1. The minimum absolute atomic E-state index is 0.0133. The predicted octanol–water partition coefficient (Wildman–Crippen LogP) is 3.45. The van der Waals surface area contributed by atoms with Crippen LogP contribution in [0.2, 0.25) is 0 Å². The molecule has 1 saturated carbocycles. The standard InChI is InChI=1S/C25H31NO4/c1-15-20(27)11-13-25(3)12-10-18-19(24(29)30-23(18)21(15)25)14-26(4)16(2)22(28)17-8-6-5-7-9-17/h5-9,11,13,16,18-19,22-23,28H,10,12,14H2,1-4H3/t16-,18-,19?,22+,23-,25-/m0/s1. The fourth-order valence-corrected chi connectivity index (χ4v) is 5.43. The molecule has 2 aliphatic carbocycles. The maximum atomic E-state index is 12.9. The van der Waals surface area contributed by atoms with Crippen LogP contribution in [0.1, 0.15) is 45.3 Å². The lowest BCUT2D eigenvalue weighted by Gasteiger charge is -2.43. The van der Waals surface area contributed by atoms with Crippen molar-refractivity contribution in [2.24, 2.45) is 17.3 Å². The van der Waals surface area contributed by atoms with Gasteiger partial charge in [0.2, 0.25) is 0 Å². The zero-order valence-electron chi connectivity index (χ0n) is 18.2. The Balaban J connectivity index is 1.52. The number of aliphatic hydroxyl groups is 1. The van der Waals surface area contributed by atoms with Gasteiger partial charge in [-0.1, -0.05) is 43.3 Å². The van der Waals surface area contributed by atoms with E-state index < -0.39 is 6.10 Å². The van der Waals surface area contributed by atoms with Crippen molar-refractivity contribution < 1.29 is 19.4 Å². The highest BCUT2D eigenvalue weighted by molar-refractivity contribution is 6.05. The number of hydrogen-bond acceptors (Lipinski definition) is 5. The highest BCUT2D eigenvalue weighted by Crippen LogP contribution is 2.53. The van der Waals surface area contributed by atoms with Crippen LogP contribution in [0.5, 0.6) is 0 Å². The van der Waals surface area contributed by atoms with Crippen LogP contribution >= 0.6 is 0 Å². The molecule has 0 bridgehead atoms. The van der Waals surface area contributed by atoms with Gasteiger partial charge in [0, 0.05) is 29.5 Å². The first-order valence-electron chi connectivity index (χ1n) is 10.8. The third kappa shape index (κ3) is 3.44. The lowest BCUT2D eigenvalue weighted by atomic mass is 9.61. The minimum atomic E-state index is -0.634. The molecule has 0 radical (unpaired) electrons. The SMILES string of the molecule is CC1=C2[C@H]3OC(=O)C(CN(C)[C@@H](C)[C@@H](O)c4ccccc4)[C@@H]3CC[C@@]2(C)C=CC1=O. The van der Waals surface area contributed by atoms with Gasteiger partial charge >= 0.3 is 5.97 Å². The molecule has 4 rings (SSSR count). The molecule has 1 unspecified atom stereocenters. The van der Waals surface area contributed by atoms with Crippen molar-refractivity contribution in [1.82, 2.24) is 4.90 Å². The van der Waals surface area contributed by atoms with Gasteiger partial charge in [0.1, 0.15) is 6.10 Å². The molecule has 1 aromatic rings. The lowest BCUT2D eigenvalue weighted by Crippen LogP contribution is -2.43. The molecule has 0 aromatic heterocycles. The van der Waals surface area contributed by atoms with E-state index in [9.17, 15) is 14.7 Å². The summed E-state index contributed by atoms with van der Waals surface area (Å²) in [6.07, 6.45) is 4.48. The molecule has 1 aliphatic heterocycles. The first kappa shape index (κ1) is 21.0. The van der Waals surface area contributed by atoms with Crippen molar-refractivity contribution in [2.75, 3.05) is 13.6 Å². The first-order chi connectivity index (χ1) is 14.2. The normalized spacial score (nSPS) is 32.7. The van der Waals surface area contributed by atoms with Gasteiger partial charge in [-0.15, -0.1) is 0 Å². The number of fused-ring (bicyclic) bond motifs is 3. The van der Waals surface area contributed by atoms with Crippen LogP contribution in [0.3, 0.4) is 0 Å². The summed E-state index contributed by atoms with van der Waals surface area (Å²) < 4.78 is 5.88. The van der Waals surface area contributed by atoms with Crippen LogP contribution in [-0.2, 0) is 14.3 Å². The second kappa shape index (κ2) is 7.78. The first-order valence-corrected chi connectivity index (χ1v) is 10.8. The van der Waals surface area contributed by atoms with E-state index in [1.54, 1.807) is 6.08 Å². The molecule has 5 heteroatoms. The van der Waals surface area contributed by atoms with Gasteiger partial charge in [-0.05, 0) is 50.9 Å².